The van der Waals surface area contributed by atoms with Crippen LogP contribution in [0.2, 0.25) is 0 Å². The van der Waals surface area contributed by atoms with Gasteiger partial charge in [-0.2, -0.15) is 0 Å². The number of esters is 1. The standard InChI is InChI=1S/C16H17BrN2O3/c1-2-22-16(21)10-13-9-14(11-3-5-12(17)6-4-11)18-8-7-15(20)19(13)18/h3-6,10,14H,2,7-9H2,1H3/b13-10-. The van der Waals surface area contributed by atoms with Crippen LogP contribution < -0.4 is 0 Å². The van der Waals surface area contributed by atoms with E-state index >= 15 is 0 Å². The number of halogens is 1. The number of ether oxygens (including phenoxy) is 1. The van der Waals surface area contributed by atoms with Crippen LogP contribution >= 0.6 is 15.9 Å². The van der Waals surface area contributed by atoms with E-state index in [9.17, 15) is 9.59 Å². The van der Waals surface area contributed by atoms with Crippen molar-refractivity contribution in [2.24, 2.45) is 0 Å². The summed E-state index contributed by atoms with van der Waals surface area (Å²) in [5.41, 5.74) is 1.85. The molecule has 2 saturated heterocycles. The van der Waals surface area contributed by atoms with Crippen molar-refractivity contribution in [1.82, 2.24) is 10.0 Å². The van der Waals surface area contributed by atoms with Gasteiger partial charge in [0.05, 0.1) is 12.6 Å². The molecule has 2 heterocycles. The Morgan fingerprint density at radius 3 is 2.82 bits per heavy atom. The zero-order valence-electron chi connectivity index (χ0n) is 12.3. The molecule has 0 aliphatic carbocycles. The van der Waals surface area contributed by atoms with Crippen molar-refractivity contribution in [3.8, 4) is 0 Å². The highest BCUT2D eigenvalue weighted by molar-refractivity contribution is 9.10. The molecule has 2 aliphatic heterocycles. The molecule has 22 heavy (non-hydrogen) atoms. The Hall–Kier alpha value is -1.66. The summed E-state index contributed by atoms with van der Waals surface area (Å²) >= 11 is 3.43. The van der Waals surface area contributed by atoms with Crippen LogP contribution in [0.5, 0.6) is 0 Å². The SMILES string of the molecule is CCOC(=O)/C=C1/CC(c2ccc(Br)cc2)N2CCC(=O)N12. The molecule has 1 unspecified atom stereocenters. The molecule has 0 saturated carbocycles. The fourth-order valence-corrected chi connectivity index (χ4v) is 3.25. The monoisotopic (exact) mass is 364 g/mol. The lowest BCUT2D eigenvalue weighted by Crippen LogP contribution is -2.32. The maximum Gasteiger partial charge on any atom is 0.332 e. The second kappa shape index (κ2) is 6.22. The molecule has 0 spiro atoms. The van der Waals surface area contributed by atoms with E-state index in [0.717, 1.165) is 10.0 Å². The zero-order chi connectivity index (χ0) is 15.7. The van der Waals surface area contributed by atoms with Gasteiger partial charge in [0.25, 0.3) is 0 Å². The van der Waals surface area contributed by atoms with Crippen LogP contribution in [0.4, 0.5) is 0 Å². The second-order valence-corrected chi connectivity index (χ2v) is 6.19. The third kappa shape index (κ3) is 2.80. The Morgan fingerprint density at radius 2 is 2.14 bits per heavy atom. The molecule has 116 valence electrons. The predicted molar refractivity (Wildman–Crippen MR) is 84.4 cm³/mol. The number of amides is 1. The number of carbonyl (C=O) groups is 2. The van der Waals surface area contributed by atoms with Crippen LogP contribution in [-0.4, -0.2) is 35.0 Å². The first-order chi connectivity index (χ1) is 10.6. The Kier molecular flexibility index (Phi) is 4.31. The minimum absolute atomic E-state index is 0.0372. The summed E-state index contributed by atoms with van der Waals surface area (Å²) in [5.74, 6) is -0.358. The smallest absolute Gasteiger partial charge is 0.332 e. The highest BCUT2D eigenvalue weighted by Crippen LogP contribution is 2.42. The van der Waals surface area contributed by atoms with Gasteiger partial charge >= 0.3 is 5.97 Å². The fraction of sp³-hybridized carbons (Fsp3) is 0.375. The topological polar surface area (TPSA) is 49.9 Å². The highest BCUT2D eigenvalue weighted by atomic mass is 79.9. The Balaban J connectivity index is 1.90. The summed E-state index contributed by atoms with van der Waals surface area (Å²) in [7, 11) is 0. The van der Waals surface area contributed by atoms with Crippen molar-refractivity contribution in [2.75, 3.05) is 13.2 Å². The summed E-state index contributed by atoms with van der Waals surface area (Å²) in [6, 6.07) is 8.15. The molecule has 1 aromatic carbocycles. The number of hydrogen-bond donors (Lipinski definition) is 0. The summed E-state index contributed by atoms with van der Waals surface area (Å²) < 4.78 is 5.99. The van der Waals surface area contributed by atoms with E-state index in [2.05, 4.69) is 15.9 Å². The number of carbonyl (C=O) groups excluding carboxylic acids is 2. The minimum atomic E-state index is -0.395. The summed E-state index contributed by atoms with van der Waals surface area (Å²) in [6.45, 7) is 2.78. The van der Waals surface area contributed by atoms with Gasteiger partial charge < -0.3 is 4.74 Å². The summed E-state index contributed by atoms with van der Waals surface area (Å²) in [4.78, 5) is 23.8. The Bertz CT molecular complexity index is 627. The molecule has 3 rings (SSSR count). The Morgan fingerprint density at radius 1 is 1.41 bits per heavy atom. The van der Waals surface area contributed by atoms with Crippen LogP contribution in [0, 0.1) is 0 Å². The van der Waals surface area contributed by atoms with Crippen LogP contribution in [0.3, 0.4) is 0 Å². The van der Waals surface area contributed by atoms with E-state index in [4.69, 9.17) is 4.74 Å². The molecule has 0 bridgehead atoms. The van der Waals surface area contributed by atoms with Gasteiger partial charge in [0.15, 0.2) is 0 Å². The second-order valence-electron chi connectivity index (χ2n) is 5.28. The van der Waals surface area contributed by atoms with Crippen molar-refractivity contribution < 1.29 is 14.3 Å². The van der Waals surface area contributed by atoms with Crippen LogP contribution in [0.25, 0.3) is 0 Å². The molecule has 0 radical (unpaired) electrons. The van der Waals surface area contributed by atoms with Gasteiger partial charge in [0.2, 0.25) is 5.91 Å². The zero-order valence-corrected chi connectivity index (χ0v) is 13.9. The number of hydrazine groups is 1. The molecule has 5 nitrogen and oxygen atoms in total. The van der Waals surface area contributed by atoms with Crippen LogP contribution in [0.15, 0.2) is 40.5 Å². The fourth-order valence-electron chi connectivity index (χ4n) is 2.98. The number of rotatable bonds is 3. The van der Waals surface area contributed by atoms with Gasteiger partial charge in [-0.1, -0.05) is 28.1 Å². The average molecular weight is 365 g/mol. The van der Waals surface area contributed by atoms with Gasteiger partial charge in [0, 0.05) is 35.6 Å². The highest BCUT2D eigenvalue weighted by Gasteiger charge is 2.43. The lowest BCUT2D eigenvalue weighted by Gasteiger charge is -2.24. The maximum absolute atomic E-state index is 12.1. The van der Waals surface area contributed by atoms with E-state index < -0.39 is 5.97 Å². The van der Waals surface area contributed by atoms with Crippen LogP contribution in [0.1, 0.15) is 31.4 Å². The third-order valence-electron chi connectivity index (χ3n) is 3.91. The Labute approximate surface area is 137 Å². The molecule has 1 amide bonds. The van der Waals surface area contributed by atoms with Crippen LogP contribution in [-0.2, 0) is 14.3 Å². The lowest BCUT2D eigenvalue weighted by atomic mass is 10.0. The molecule has 0 N–H and O–H groups in total. The first-order valence-corrected chi connectivity index (χ1v) is 8.11. The first kappa shape index (κ1) is 15.2. The van der Waals surface area contributed by atoms with E-state index in [-0.39, 0.29) is 11.9 Å². The minimum Gasteiger partial charge on any atom is -0.463 e. The molecule has 1 atom stereocenters. The van der Waals surface area contributed by atoms with Gasteiger partial charge in [-0.15, -0.1) is 0 Å². The molecule has 2 fully saturated rings. The summed E-state index contributed by atoms with van der Waals surface area (Å²) in [6.07, 6.45) is 2.55. The predicted octanol–water partition coefficient (Wildman–Crippen LogP) is 2.79. The van der Waals surface area contributed by atoms with E-state index in [1.54, 1.807) is 11.9 Å². The van der Waals surface area contributed by atoms with E-state index in [1.165, 1.54) is 6.08 Å². The van der Waals surface area contributed by atoms with Gasteiger partial charge in [0.1, 0.15) is 0 Å². The lowest BCUT2D eigenvalue weighted by molar-refractivity contribution is -0.137. The average Bonchev–Trinajstić information content (AvgIpc) is 3.02. The molecule has 6 heteroatoms. The largest absolute Gasteiger partial charge is 0.463 e. The molecular weight excluding hydrogens is 348 g/mol. The molecule has 2 aliphatic rings. The quantitative estimate of drug-likeness (QED) is 0.611. The third-order valence-corrected chi connectivity index (χ3v) is 4.44. The van der Waals surface area contributed by atoms with Crippen molar-refractivity contribution in [2.45, 2.75) is 25.8 Å². The van der Waals surface area contributed by atoms with Gasteiger partial charge in [-0.05, 0) is 24.6 Å². The molecule has 0 aromatic heterocycles. The number of benzene rings is 1. The van der Waals surface area contributed by atoms with Gasteiger partial charge in [-0.3, -0.25) is 4.79 Å². The molecular formula is C16H17BrN2O3. The maximum atomic E-state index is 12.1. The van der Waals surface area contributed by atoms with Crippen molar-refractivity contribution >= 4 is 27.8 Å². The van der Waals surface area contributed by atoms with Crippen molar-refractivity contribution in [3.63, 3.8) is 0 Å². The van der Waals surface area contributed by atoms with Crippen molar-refractivity contribution in [1.29, 1.82) is 0 Å². The summed E-state index contributed by atoms with van der Waals surface area (Å²) in [5, 5.41) is 3.68. The van der Waals surface area contributed by atoms with Gasteiger partial charge in [-0.25, -0.2) is 14.8 Å². The molecule has 1 aromatic rings. The van der Waals surface area contributed by atoms with E-state index in [1.807, 2.05) is 29.3 Å². The number of hydrogen-bond acceptors (Lipinski definition) is 4. The van der Waals surface area contributed by atoms with Crippen molar-refractivity contribution in [3.05, 3.63) is 46.1 Å². The number of fused-ring (bicyclic) bond motifs is 1. The van der Waals surface area contributed by atoms with E-state index in [0.29, 0.717) is 31.7 Å². The normalized spacial score (nSPS) is 23.2. The number of nitrogens with zero attached hydrogens (tertiary/aromatic N) is 2. The first-order valence-electron chi connectivity index (χ1n) is 7.32.